The lowest BCUT2D eigenvalue weighted by Gasteiger charge is -2.35. The molecule has 1 N–H and O–H groups in total. The number of hydrogen-bond acceptors (Lipinski definition) is 5. The van der Waals surface area contributed by atoms with E-state index in [2.05, 4.69) is 39.2 Å². The first-order chi connectivity index (χ1) is 14.1. The standard InChI is InChI=1S/C23H24N2O2S2/c1-16(26)19(14-17-6-3-2-4-7-17)24-22(27)15-25-11-9-20-18(10-13-29-20)23(25)21-8-5-12-28-21/h2-8,10,12-13,19,23H,9,11,14-15H2,1H3,(H,24,27)/t19-,23-/m1/s1. The zero-order valence-corrected chi connectivity index (χ0v) is 18.0. The van der Waals surface area contributed by atoms with Crippen LogP contribution in [0, 0.1) is 0 Å². The number of Topliss-reactive ketones (excluding diaryl/α,β-unsaturated/α-hetero) is 1. The van der Waals surface area contributed by atoms with Crippen LogP contribution >= 0.6 is 22.7 Å². The number of benzene rings is 1. The minimum absolute atomic E-state index is 0.0178. The van der Waals surface area contributed by atoms with Gasteiger partial charge >= 0.3 is 0 Å². The van der Waals surface area contributed by atoms with Crippen LogP contribution in [0.4, 0.5) is 0 Å². The van der Waals surface area contributed by atoms with E-state index >= 15 is 0 Å². The Morgan fingerprint density at radius 1 is 1.10 bits per heavy atom. The molecule has 1 aliphatic rings. The van der Waals surface area contributed by atoms with Crippen LogP contribution in [0.2, 0.25) is 0 Å². The third-order valence-electron chi connectivity index (χ3n) is 5.33. The van der Waals surface area contributed by atoms with E-state index in [-0.39, 0.29) is 24.3 Å². The SMILES string of the molecule is CC(=O)[C@@H](Cc1ccccc1)NC(=O)CN1CCc2sccc2[C@@H]1c1cccs1. The van der Waals surface area contributed by atoms with Crippen molar-refractivity contribution in [3.05, 3.63) is 80.2 Å². The van der Waals surface area contributed by atoms with Gasteiger partial charge in [-0.15, -0.1) is 22.7 Å². The third kappa shape index (κ3) is 4.66. The number of ketones is 1. The Balaban J connectivity index is 1.47. The molecule has 3 aromatic rings. The van der Waals surface area contributed by atoms with E-state index in [1.165, 1.54) is 15.3 Å². The zero-order chi connectivity index (χ0) is 20.2. The average molecular weight is 425 g/mol. The van der Waals surface area contributed by atoms with Gasteiger partial charge in [0.15, 0.2) is 5.78 Å². The van der Waals surface area contributed by atoms with Crippen molar-refractivity contribution >= 4 is 34.4 Å². The fourth-order valence-electron chi connectivity index (χ4n) is 3.89. The highest BCUT2D eigenvalue weighted by atomic mass is 32.1. The van der Waals surface area contributed by atoms with Crippen molar-refractivity contribution in [2.45, 2.75) is 31.8 Å². The van der Waals surface area contributed by atoms with Crippen molar-refractivity contribution in [1.82, 2.24) is 10.2 Å². The summed E-state index contributed by atoms with van der Waals surface area (Å²) in [7, 11) is 0. The minimum atomic E-state index is -0.494. The molecule has 0 saturated carbocycles. The fourth-order valence-corrected chi connectivity index (χ4v) is 5.67. The lowest BCUT2D eigenvalue weighted by Crippen LogP contribution is -2.48. The summed E-state index contributed by atoms with van der Waals surface area (Å²) in [5.74, 6) is -0.114. The molecule has 4 rings (SSSR count). The van der Waals surface area contributed by atoms with E-state index in [9.17, 15) is 9.59 Å². The zero-order valence-electron chi connectivity index (χ0n) is 16.3. The molecule has 3 heterocycles. The molecule has 29 heavy (non-hydrogen) atoms. The predicted octanol–water partition coefficient (Wildman–Crippen LogP) is 4.07. The van der Waals surface area contributed by atoms with Gasteiger partial charge in [0.05, 0.1) is 18.6 Å². The molecule has 150 valence electrons. The van der Waals surface area contributed by atoms with Gasteiger partial charge in [-0.2, -0.15) is 0 Å². The lowest BCUT2D eigenvalue weighted by atomic mass is 9.98. The Bertz CT molecular complexity index is 966. The molecular formula is C23H24N2O2S2. The molecule has 0 saturated heterocycles. The van der Waals surface area contributed by atoms with E-state index in [1.54, 1.807) is 29.6 Å². The van der Waals surface area contributed by atoms with Crippen LogP contribution in [-0.2, 0) is 22.4 Å². The van der Waals surface area contributed by atoms with E-state index in [0.717, 1.165) is 18.5 Å². The van der Waals surface area contributed by atoms with E-state index in [0.29, 0.717) is 6.42 Å². The molecule has 1 aliphatic heterocycles. The largest absolute Gasteiger partial charge is 0.345 e. The number of carbonyl (C=O) groups is 2. The molecule has 6 heteroatoms. The number of thiophene rings is 2. The minimum Gasteiger partial charge on any atom is -0.345 e. The summed E-state index contributed by atoms with van der Waals surface area (Å²) in [4.78, 5) is 29.9. The van der Waals surface area contributed by atoms with Crippen LogP contribution in [0.15, 0.2) is 59.3 Å². The fraction of sp³-hybridized carbons (Fsp3) is 0.304. The summed E-state index contributed by atoms with van der Waals surface area (Å²) in [6, 6.07) is 15.8. The quantitative estimate of drug-likeness (QED) is 0.622. The maximum Gasteiger partial charge on any atom is 0.234 e. The van der Waals surface area contributed by atoms with Gasteiger partial charge in [0, 0.05) is 16.3 Å². The molecule has 4 nitrogen and oxygen atoms in total. The normalized spacial score (nSPS) is 17.5. The Labute approximate surface area is 179 Å². The third-order valence-corrected chi connectivity index (χ3v) is 7.25. The molecule has 1 amide bonds. The number of rotatable bonds is 7. The maximum absolute atomic E-state index is 12.9. The smallest absolute Gasteiger partial charge is 0.234 e. The van der Waals surface area contributed by atoms with Crippen molar-refractivity contribution in [3.8, 4) is 0 Å². The van der Waals surface area contributed by atoms with Crippen molar-refractivity contribution in [1.29, 1.82) is 0 Å². The van der Waals surface area contributed by atoms with E-state index < -0.39 is 6.04 Å². The predicted molar refractivity (Wildman–Crippen MR) is 119 cm³/mol. The van der Waals surface area contributed by atoms with Gasteiger partial charge in [0.25, 0.3) is 0 Å². The number of carbonyl (C=O) groups excluding carboxylic acids is 2. The van der Waals surface area contributed by atoms with Gasteiger partial charge in [-0.05, 0) is 53.8 Å². The molecule has 0 radical (unpaired) electrons. The topological polar surface area (TPSA) is 49.4 Å². The summed E-state index contributed by atoms with van der Waals surface area (Å²) >= 11 is 3.52. The van der Waals surface area contributed by atoms with Gasteiger partial charge in [-0.1, -0.05) is 36.4 Å². The van der Waals surface area contributed by atoms with Crippen LogP contribution in [0.1, 0.15) is 33.8 Å². The van der Waals surface area contributed by atoms with Gasteiger partial charge in [-0.25, -0.2) is 0 Å². The molecule has 1 aromatic carbocycles. The van der Waals surface area contributed by atoms with Crippen molar-refractivity contribution in [3.63, 3.8) is 0 Å². The summed E-state index contributed by atoms with van der Waals surface area (Å²) in [6.07, 6.45) is 1.48. The van der Waals surface area contributed by atoms with Crippen LogP contribution < -0.4 is 5.32 Å². The highest BCUT2D eigenvalue weighted by molar-refractivity contribution is 7.10. The maximum atomic E-state index is 12.9. The molecule has 0 bridgehead atoms. The first-order valence-electron chi connectivity index (χ1n) is 9.79. The Morgan fingerprint density at radius 2 is 1.93 bits per heavy atom. The Morgan fingerprint density at radius 3 is 2.66 bits per heavy atom. The second-order valence-corrected chi connectivity index (χ2v) is 9.34. The molecule has 2 atom stereocenters. The average Bonchev–Trinajstić information content (AvgIpc) is 3.40. The number of amides is 1. The number of nitrogens with one attached hydrogen (secondary N) is 1. The van der Waals surface area contributed by atoms with E-state index in [4.69, 9.17) is 0 Å². The highest BCUT2D eigenvalue weighted by Gasteiger charge is 2.32. The molecular weight excluding hydrogens is 400 g/mol. The van der Waals surface area contributed by atoms with Crippen LogP contribution in [0.5, 0.6) is 0 Å². The second-order valence-electron chi connectivity index (χ2n) is 7.36. The van der Waals surface area contributed by atoms with E-state index in [1.807, 2.05) is 30.3 Å². The van der Waals surface area contributed by atoms with Crippen LogP contribution in [0.3, 0.4) is 0 Å². The second kappa shape index (κ2) is 9.03. The van der Waals surface area contributed by atoms with Gasteiger partial charge in [-0.3, -0.25) is 14.5 Å². The molecule has 2 aromatic heterocycles. The number of fused-ring (bicyclic) bond motifs is 1. The lowest BCUT2D eigenvalue weighted by molar-refractivity contribution is -0.127. The summed E-state index contributed by atoms with van der Waals surface area (Å²) in [6.45, 7) is 2.67. The summed E-state index contributed by atoms with van der Waals surface area (Å²) in [5.41, 5.74) is 2.36. The van der Waals surface area contributed by atoms with Gasteiger partial charge in [0.2, 0.25) is 5.91 Å². The van der Waals surface area contributed by atoms with Crippen molar-refractivity contribution in [2.24, 2.45) is 0 Å². The van der Waals surface area contributed by atoms with Crippen molar-refractivity contribution < 1.29 is 9.59 Å². The summed E-state index contributed by atoms with van der Waals surface area (Å²) in [5, 5.41) is 7.19. The number of nitrogens with zero attached hydrogens (tertiary/aromatic N) is 1. The summed E-state index contributed by atoms with van der Waals surface area (Å²) < 4.78 is 0. The first-order valence-corrected chi connectivity index (χ1v) is 11.5. The van der Waals surface area contributed by atoms with Gasteiger partial charge < -0.3 is 5.32 Å². The van der Waals surface area contributed by atoms with Crippen LogP contribution in [0.25, 0.3) is 0 Å². The highest BCUT2D eigenvalue weighted by Crippen LogP contribution is 2.39. The molecule has 0 fully saturated rings. The monoisotopic (exact) mass is 424 g/mol. The first kappa shape index (κ1) is 20.0. The van der Waals surface area contributed by atoms with Gasteiger partial charge in [0.1, 0.15) is 0 Å². The Hall–Kier alpha value is -2.28. The molecule has 0 unspecified atom stereocenters. The molecule has 0 spiro atoms. The Kier molecular flexibility index (Phi) is 6.23. The number of hydrogen-bond donors (Lipinski definition) is 1. The molecule has 0 aliphatic carbocycles. The van der Waals surface area contributed by atoms with Crippen LogP contribution in [-0.4, -0.2) is 35.7 Å². The van der Waals surface area contributed by atoms with Crippen molar-refractivity contribution in [2.75, 3.05) is 13.1 Å².